The number of piperazine rings is 1. The highest BCUT2D eigenvalue weighted by Crippen LogP contribution is 2.29. The Balaban J connectivity index is 1.29. The van der Waals surface area contributed by atoms with Crippen LogP contribution in [-0.2, 0) is 6.54 Å². The molecule has 1 unspecified atom stereocenters. The summed E-state index contributed by atoms with van der Waals surface area (Å²) in [6, 6.07) is 6.11. The lowest BCUT2D eigenvalue weighted by atomic mass is 10.1. The van der Waals surface area contributed by atoms with Crippen LogP contribution >= 0.6 is 11.3 Å². The largest absolute Gasteiger partial charge is 0.493 e. The molecule has 4 rings (SSSR count). The SMILES string of the molecule is COc1ccc(CN2CCN(c3nccs3)CC2)cc1OCC(O)CN1CCCC1. The van der Waals surface area contributed by atoms with Gasteiger partial charge in [0.1, 0.15) is 12.7 Å². The molecule has 3 heterocycles. The molecule has 0 radical (unpaired) electrons. The molecule has 0 aliphatic carbocycles. The number of ether oxygens (including phenoxy) is 2. The van der Waals surface area contributed by atoms with Crippen molar-refractivity contribution >= 4 is 16.5 Å². The quantitative estimate of drug-likeness (QED) is 0.652. The zero-order valence-corrected chi connectivity index (χ0v) is 18.5. The second-order valence-electron chi connectivity index (χ2n) is 8.04. The van der Waals surface area contributed by atoms with Crippen molar-refractivity contribution in [1.82, 2.24) is 14.8 Å². The minimum absolute atomic E-state index is 0.281. The predicted molar refractivity (Wildman–Crippen MR) is 120 cm³/mol. The van der Waals surface area contributed by atoms with Crippen molar-refractivity contribution in [2.24, 2.45) is 0 Å². The van der Waals surface area contributed by atoms with Gasteiger partial charge in [0.2, 0.25) is 0 Å². The molecule has 7 nitrogen and oxygen atoms in total. The van der Waals surface area contributed by atoms with E-state index in [1.54, 1.807) is 18.4 Å². The predicted octanol–water partition coefficient (Wildman–Crippen LogP) is 2.31. The van der Waals surface area contributed by atoms with Crippen LogP contribution in [0.4, 0.5) is 5.13 Å². The topological polar surface area (TPSA) is 61.3 Å². The first-order valence-corrected chi connectivity index (χ1v) is 11.7. The number of benzene rings is 1. The van der Waals surface area contributed by atoms with Crippen molar-refractivity contribution in [3.05, 3.63) is 35.3 Å². The summed E-state index contributed by atoms with van der Waals surface area (Å²) in [6.07, 6.45) is 3.83. The number of methoxy groups -OCH3 is 1. The van der Waals surface area contributed by atoms with Gasteiger partial charge in [-0.25, -0.2) is 4.98 Å². The molecule has 1 atom stereocenters. The number of aliphatic hydroxyl groups excluding tert-OH is 1. The maximum absolute atomic E-state index is 10.3. The molecule has 0 saturated carbocycles. The molecule has 2 fully saturated rings. The highest BCUT2D eigenvalue weighted by atomic mass is 32.1. The normalized spacial score (nSPS) is 19.2. The number of hydrogen-bond donors (Lipinski definition) is 1. The van der Waals surface area contributed by atoms with Gasteiger partial charge in [-0.15, -0.1) is 11.3 Å². The Kier molecular flexibility index (Phi) is 7.43. The number of rotatable bonds is 9. The highest BCUT2D eigenvalue weighted by molar-refractivity contribution is 7.13. The first kappa shape index (κ1) is 21.4. The van der Waals surface area contributed by atoms with Crippen LogP contribution in [0.25, 0.3) is 0 Å². The molecule has 2 aromatic rings. The van der Waals surface area contributed by atoms with Crippen molar-refractivity contribution in [3.63, 3.8) is 0 Å². The highest BCUT2D eigenvalue weighted by Gasteiger charge is 2.20. The van der Waals surface area contributed by atoms with Crippen LogP contribution < -0.4 is 14.4 Å². The Hall–Kier alpha value is -1.87. The van der Waals surface area contributed by atoms with E-state index in [2.05, 4.69) is 31.8 Å². The molecule has 1 aromatic heterocycles. The number of likely N-dealkylation sites (tertiary alicyclic amines) is 1. The average Bonchev–Trinajstić information content (AvgIpc) is 3.47. The maximum atomic E-state index is 10.3. The van der Waals surface area contributed by atoms with Crippen LogP contribution in [0.2, 0.25) is 0 Å². The van der Waals surface area contributed by atoms with Crippen LogP contribution in [0.15, 0.2) is 29.8 Å². The lowest BCUT2D eigenvalue weighted by molar-refractivity contribution is 0.0746. The van der Waals surface area contributed by atoms with Crippen LogP contribution in [0.1, 0.15) is 18.4 Å². The molecule has 2 saturated heterocycles. The zero-order chi connectivity index (χ0) is 20.8. The van der Waals surface area contributed by atoms with Crippen molar-refractivity contribution in [3.8, 4) is 11.5 Å². The lowest BCUT2D eigenvalue weighted by Crippen LogP contribution is -2.45. The van der Waals surface area contributed by atoms with E-state index in [-0.39, 0.29) is 6.61 Å². The summed E-state index contributed by atoms with van der Waals surface area (Å²) in [6.45, 7) is 7.99. The number of thiazole rings is 1. The summed E-state index contributed by atoms with van der Waals surface area (Å²) in [5.74, 6) is 1.41. The molecule has 2 aliphatic rings. The fourth-order valence-corrected chi connectivity index (χ4v) is 4.86. The first-order valence-electron chi connectivity index (χ1n) is 10.8. The first-order chi connectivity index (χ1) is 14.7. The summed E-state index contributed by atoms with van der Waals surface area (Å²) >= 11 is 1.70. The van der Waals surface area contributed by atoms with Gasteiger partial charge in [0.15, 0.2) is 16.6 Å². The summed E-state index contributed by atoms with van der Waals surface area (Å²) in [5, 5.41) is 13.5. The standard InChI is InChI=1S/C22H32N4O3S/c1-28-20-5-4-18(14-21(20)29-17-19(27)16-24-7-2-3-8-24)15-25-9-11-26(12-10-25)22-23-6-13-30-22/h4-6,13-14,19,27H,2-3,7-12,15-17H2,1H3. The van der Waals surface area contributed by atoms with Crippen LogP contribution in [0.5, 0.6) is 11.5 Å². The Morgan fingerprint density at radius 1 is 1.07 bits per heavy atom. The molecular weight excluding hydrogens is 400 g/mol. The maximum Gasteiger partial charge on any atom is 0.185 e. The zero-order valence-electron chi connectivity index (χ0n) is 17.7. The Morgan fingerprint density at radius 2 is 1.87 bits per heavy atom. The Morgan fingerprint density at radius 3 is 2.57 bits per heavy atom. The number of β-amino-alcohol motifs (C(OH)–C–C–N with tert-alkyl or cyclic N) is 1. The van der Waals surface area contributed by atoms with Gasteiger partial charge in [-0.2, -0.15) is 0 Å². The number of anilines is 1. The summed E-state index contributed by atoms with van der Waals surface area (Å²) < 4.78 is 11.4. The Labute approximate surface area is 182 Å². The third-order valence-corrected chi connectivity index (χ3v) is 6.63. The van der Waals surface area contributed by atoms with Crippen molar-refractivity contribution in [2.75, 3.05) is 64.4 Å². The smallest absolute Gasteiger partial charge is 0.185 e. The number of hydrogen-bond acceptors (Lipinski definition) is 8. The van der Waals surface area contributed by atoms with E-state index in [9.17, 15) is 5.11 Å². The van der Waals surface area contributed by atoms with Crippen molar-refractivity contribution < 1.29 is 14.6 Å². The number of aromatic nitrogens is 1. The minimum atomic E-state index is -0.490. The van der Waals surface area contributed by atoms with Gasteiger partial charge in [-0.1, -0.05) is 6.07 Å². The van der Waals surface area contributed by atoms with Gasteiger partial charge < -0.3 is 24.4 Å². The summed E-state index contributed by atoms with van der Waals surface area (Å²) in [5.41, 5.74) is 1.20. The molecule has 1 aromatic carbocycles. The van der Waals surface area contributed by atoms with Gasteiger partial charge in [0.05, 0.1) is 7.11 Å². The van der Waals surface area contributed by atoms with E-state index >= 15 is 0 Å². The van der Waals surface area contributed by atoms with Crippen LogP contribution in [0, 0.1) is 0 Å². The second-order valence-corrected chi connectivity index (χ2v) is 8.91. The van der Waals surface area contributed by atoms with E-state index in [1.807, 2.05) is 17.6 Å². The van der Waals surface area contributed by atoms with E-state index in [0.717, 1.165) is 50.9 Å². The van der Waals surface area contributed by atoms with E-state index in [1.165, 1.54) is 18.4 Å². The van der Waals surface area contributed by atoms with Gasteiger partial charge in [-0.05, 0) is 43.6 Å². The third kappa shape index (κ3) is 5.63. The summed E-state index contributed by atoms with van der Waals surface area (Å²) in [4.78, 5) is 11.5. The fraction of sp³-hybridized carbons (Fsp3) is 0.591. The third-order valence-electron chi connectivity index (χ3n) is 5.80. The molecule has 1 N–H and O–H groups in total. The van der Waals surface area contributed by atoms with Crippen LogP contribution in [0.3, 0.4) is 0 Å². The van der Waals surface area contributed by atoms with Crippen molar-refractivity contribution in [2.45, 2.75) is 25.5 Å². The molecule has 8 heteroatoms. The number of nitrogens with zero attached hydrogens (tertiary/aromatic N) is 4. The van der Waals surface area contributed by atoms with E-state index in [0.29, 0.717) is 18.0 Å². The van der Waals surface area contributed by atoms with Gasteiger partial charge in [-0.3, -0.25) is 4.90 Å². The lowest BCUT2D eigenvalue weighted by Gasteiger charge is -2.34. The number of aliphatic hydroxyl groups is 1. The minimum Gasteiger partial charge on any atom is -0.493 e. The van der Waals surface area contributed by atoms with Crippen molar-refractivity contribution in [1.29, 1.82) is 0 Å². The molecule has 0 amide bonds. The van der Waals surface area contributed by atoms with E-state index < -0.39 is 6.10 Å². The molecule has 0 spiro atoms. The van der Waals surface area contributed by atoms with E-state index in [4.69, 9.17) is 9.47 Å². The second kappa shape index (κ2) is 10.4. The van der Waals surface area contributed by atoms with Crippen LogP contribution in [-0.4, -0.2) is 85.5 Å². The summed E-state index contributed by atoms with van der Waals surface area (Å²) in [7, 11) is 1.65. The van der Waals surface area contributed by atoms with Gasteiger partial charge in [0.25, 0.3) is 0 Å². The fourth-order valence-electron chi connectivity index (χ4n) is 4.16. The molecule has 30 heavy (non-hydrogen) atoms. The molecule has 0 bridgehead atoms. The Bertz CT molecular complexity index is 775. The van der Waals surface area contributed by atoms with Gasteiger partial charge >= 0.3 is 0 Å². The molecular formula is C22H32N4O3S. The molecule has 164 valence electrons. The van der Waals surface area contributed by atoms with Gasteiger partial charge in [0, 0.05) is 50.8 Å². The average molecular weight is 433 g/mol. The monoisotopic (exact) mass is 432 g/mol. The molecule has 2 aliphatic heterocycles.